The lowest BCUT2D eigenvalue weighted by atomic mass is 10.1. The van der Waals surface area contributed by atoms with Crippen LogP contribution in [-0.4, -0.2) is 25.6 Å². The lowest BCUT2D eigenvalue weighted by Gasteiger charge is -2.04. The van der Waals surface area contributed by atoms with Crippen LogP contribution in [0.25, 0.3) is 6.08 Å². The Bertz CT molecular complexity index is 815. The zero-order chi connectivity index (χ0) is 16.9. The average Bonchev–Trinajstić information content (AvgIpc) is 2.94. The smallest absolute Gasteiger partial charge is 0.363 e. The van der Waals surface area contributed by atoms with Gasteiger partial charge in [-0.15, -0.1) is 0 Å². The number of benzene rings is 2. The van der Waals surface area contributed by atoms with Gasteiger partial charge in [-0.25, -0.2) is 9.79 Å². The summed E-state index contributed by atoms with van der Waals surface area (Å²) in [6, 6.07) is 14.3. The number of carbonyl (C=O) groups excluding carboxylic acids is 1. The van der Waals surface area contributed by atoms with E-state index in [9.17, 15) is 4.79 Å². The quantitative estimate of drug-likeness (QED) is 0.613. The van der Waals surface area contributed by atoms with Gasteiger partial charge in [0.2, 0.25) is 5.90 Å². The third kappa shape index (κ3) is 3.75. The van der Waals surface area contributed by atoms with Crippen LogP contribution in [-0.2, 0) is 9.53 Å². The van der Waals surface area contributed by atoms with Crippen molar-refractivity contribution in [2.45, 2.75) is 0 Å². The fourth-order valence-corrected chi connectivity index (χ4v) is 2.32. The maximum Gasteiger partial charge on any atom is 0.363 e. The highest BCUT2D eigenvalue weighted by molar-refractivity contribution is 6.30. The Labute approximate surface area is 144 Å². The SMILES string of the molecule is COc1ccc(Cl)cc1/C=C1/N=C(COc2ccccc2)OC1=O. The van der Waals surface area contributed by atoms with E-state index < -0.39 is 5.97 Å². The third-order valence-electron chi connectivity index (χ3n) is 3.25. The predicted molar refractivity (Wildman–Crippen MR) is 91.4 cm³/mol. The second-order valence-corrected chi connectivity index (χ2v) is 5.35. The van der Waals surface area contributed by atoms with Gasteiger partial charge in [-0.1, -0.05) is 29.8 Å². The van der Waals surface area contributed by atoms with Crippen molar-refractivity contribution < 1.29 is 19.0 Å². The number of para-hydroxylation sites is 1. The minimum absolute atomic E-state index is 0.0692. The van der Waals surface area contributed by atoms with Gasteiger partial charge in [0.1, 0.15) is 11.5 Å². The third-order valence-corrected chi connectivity index (χ3v) is 3.49. The molecular weight excluding hydrogens is 330 g/mol. The summed E-state index contributed by atoms with van der Waals surface area (Å²) in [6.45, 7) is 0.0692. The van der Waals surface area contributed by atoms with Gasteiger partial charge in [0.05, 0.1) is 7.11 Å². The molecule has 24 heavy (non-hydrogen) atoms. The van der Waals surface area contributed by atoms with Crippen LogP contribution < -0.4 is 9.47 Å². The number of rotatable bonds is 5. The molecule has 0 amide bonds. The summed E-state index contributed by atoms with van der Waals surface area (Å²) in [5.74, 6) is 0.925. The van der Waals surface area contributed by atoms with E-state index in [1.54, 1.807) is 31.4 Å². The van der Waals surface area contributed by atoms with Crippen molar-refractivity contribution in [3.8, 4) is 11.5 Å². The molecule has 0 spiro atoms. The van der Waals surface area contributed by atoms with Gasteiger partial charge in [-0.05, 0) is 36.4 Å². The molecule has 0 unspecified atom stereocenters. The number of esters is 1. The molecule has 1 heterocycles. The van der Waals surface area contributed by atoms with Gasteiger partial charge >= 0.3 is 5.97 Å². The molecule has 0 fully saturated rings. The summed E-state index contributed by atoms with van der Waals surface area (Å²) in [6.07, 6.45) is 1.57. The summed E-state index contributed by atoms with van der Waals surface area (Å²) in [7, 11) is 1.54. The summed E-state index contributed by atoms with van der Waals surface area (Å²) in [5.41, 5.74) is 0.813. The molecule has 0 saturated heterocycles. The first-order valence-electron chi connectivity index (χ1n) is 7.18. The molecular formula is C18H14ClNO4. The second kappa shape index (κ2) is 7.19. The summed E-state index contributed by atoms with van der Waals surface area (Å²) in [4.78, 5) is 16.1. The number of aliphatic imine (C=N–C) groups is 1. The Kier molecular flexibility index (Phi) is 4.82. The number of hydrogen-bond donors (Lipinski definition) is 0. The van der Waals surface area contributed by atoms with Crippen molar-refractivity contribution in [3.63, 3.8) is 0 Å². The fourth-order valence-electron chi connectivity index (χ4n) is 2.14. The van der Waals surface area contributed by atoms with Gasteiger partial charge in [-0.2, -0.15) is 0 Å². The Morgan fingerprint density at radius 1 is 1.21 bits per heavy atom. The zero-order valence-corrected chi connectivity index (χ0v) is 13.6. The largest absolute Gasteiger partial charge is 0.496 e. The first kappa shape index (κ1) is 16.1. The number of carbonyl (C=O) groups is 1. The maximum atomic E-state index is 12.0. The molecule has 2 aromatic carbocycles. The monoisotopic (exact) mass is 343 g/mol. The van der Waals surface area contributed by atoms with E-state index in [-0.39, 0.29) is 18.2 Å². The minimum atomic E-state index is -0.538. The first-order chi connectivity index (χ1) is 11.7. The van der Waals surface area contributed by atoms with Gasteiger partial charge in [0.25, 0.3) is 0 Å². The summed E-state index contributed by atoms with van der Waals surface area (Å²) >= 11 is 5.99. The van der Waals surface area contributed by atoms with Crippen molar-refractivity contribution in [1.29, 1.82) is 0 Å². The first-order valence-corrected chi connectivity index (χ1v) is 7.56. The summed E-state index contributed by atoms with van der Waals surface area (Å²) in [5, 5.41) is 0.533. The molecule has 6 heteroatoms. The molecule has 1 aliphatic heterocycles. The number of methoxy groups -OCH3 is 1. The minimum Gasteiger partial charge on any atom is -0.496 e. The van der Waals surface area contributed by atoms with Crippen molar-refractivity contribution in [1.82, 2.24) is 0 Å². The predicted octanol–water partition coefficient (Wildman–Crippen LogP) is 3.72. The van der Waals surface area contributed by atoms with Crippen molar-refractivity contribution in [2.24, 2.45) is 4.99 Å². The lowest BCUT2D eigenvalue weighted by molar-refractivity contribution is -0.130. The Balaban J connectivity index is 1.78. The Morgan fingerprint density at radius 2 is 2.00 bits per heavy atom. The molecule has 0 aromatic heterocycles. The molecule has 3 rings (SSSR count). The molecule has 5 nitrogen and oxygen atoms in total. The van der Waals surface area contributed by atoms with Crippen molar-refractivity contribution in [3.05, 3.63) is 64.8 Å². The molecule has 0 radical (unpaired) electrons. The number of hydrogen-bond acceptors (Lipinski definition) is 5. The number of ether oxygens (including phenoxy) is 3. The molecule has 0 aliphatic carbocycles. The van der Waals surface area contributed by atoms with Crippen molar-refractivity contribution >= 4 is 29.5 Å². The highest BCUT2D eigenvalue weighted by atomic mass is 35.5. The molecule has 0 saturated carbocycles. The highest BCUT2D eigenvalue weighted by Crippen LogP contribution is 2.26. The van der Waals surface area contributed by atoms with Crippen LogP contribution in [0.15, 0.2) is 59.2 Å². The van der Waals surface area contributed by atoms with E-state index in [0.29, 0.717) is 22.1 Å². The van der Waals surface area contributed by atoms with Crippen LogP contribution in [0, 0.1) is 0 Å². The van der Waals surface area contributed by atoms with E-state index in [0.717, 1.165) is 0 Å². The summed E-state index contributed by atoms with van der Waals surface area (Å²) < 4.78 is 15.9. The maximum absolute atomic E-state index is 12.0. The van der Waals surface area contributed by atoms with Gasteiger partial charge in [0.15, 0.2) is 12.3 Å². The van der Waals surface area contributed by atoms with Gasteiger partial charge in [-0.3, -0.25) is 0 Å². The highest BCUT2D eigenvalue weighted by Gasteiger charge is 2.23. The average molecular weight is 344 g/mol. The standard InChI is InChI=1S/C18H14ClNO4/c1-22-16-8-7-13(19)9-12(16)10-15-18(21)24-17(20-15)11-23-14-5-3-2-4-6-14/h2-10H,11H2,1H3/b15-10+. The number of halogens is 1. The van der Waals surface area contributed by atoms with Crippen LogP contribution in [0.1, 0.15) is 5.56 Å². The Morgan fingerprint density at radius 3 is 2.75 bits per heavy atom. The van der Waals surface area contributed by atoms with E-state index in [4.69, 9.17) is 25.8 Å². The van der Waals surface area contributed by atoms with E-state index >= 15 is 0 Å². The van der Waals surface area contributed by atoms with Crippen LogP contribution in [0.3, 0.4) is 0 Å². The van der Waals surface area contributed by atoms with Gasteiger partial charge in [0, 0.05) is 10.6 Å². The van der Waals surface area contributed by atoms with E-state index in [1.165, 1.54) is 0 Å². The van der Waals surface area contributed by atoms with Crippen LogP contribution in [0.4, 0.5) is 0 Å². The van der Waals surface area contributed by atoms with Crippen LogP contribution in [0.2, 0.25) is 5.02 Å². The molecule has 1 aliphatic rings. The van der Waals surface area contributed by atoms with E-state index in [1.807, 2.05) is 30.3 Å². The molecule has 0 bridgehead atoms. The molecule has 0 N–H and O–H groups in total. The number of nitrogens with zero attached hydrogens (tertiary/aromatic N) is 1. The Hall–Kier alpha value is -2.79. The van der Waals surface area contributed by atoms with Crippen LogP contribution in [0.5, 0.6) is 11.5 Å². The van der Waals surface area contributed by atoms with Gasteiger partial charge < -0.3 is 14.2 Å². The topological polar surface area (TPSA) is 57.1 Å². The molecule has 2 aromatic rings. The zero-order valence-electron chi connectivity index (χ0n) is 12.9. The fraction of sp³-hybridized carbons (Fsp3) is 0.111. The second-order valence-electron chi connectivity index (χ2n) is 4.91. The molecule has 122 valence electrons. The lowest BCUT2D eigenvalue weighted by Crippen LogP contribution is -2.13. The normalized spacial score (nSPS) is 15.2. The number of cyclic esters (lactones) is 1. The van der Waals surface area contributed by atoms with Crippen LogP contribution >= 0.6 is 11.6 Å². The molecule has 0 atom stereocenters. The van der Waals surface area contributed by atoms with Crippen molar-refractivity contribution in [2.75, 3.05) is 13.7 Å². The van der Waals surface area contributed by atoms with E-state index in [2.05, 4.69) is 4.99 Å².